The summed E-state index contributed by atoms with van der Waals surface area (Å²) in [6.07, 6.45) is 11.0. The van der Waals surface area contributed by atoms with Crippen LogP contribution in [0.15, 0.2) is 50.6 Å². The van der Waals surface area contributed by atoms with Crippen molar-refractivity contribution in [3.05, 3.63) is 67.5 Å². The molecule has 3 aromatic rings. The second-order valence-corrected chi connectivity index (χ2v) is 12.8. The van der Waals surface area contributed by atoms with E-state index in [2.05, 4.69) is 77.7 Å². The van der Waals surface area contributed by atoms with Gasteiger partial charge in [0.1, 0.15) is 11.6 Å². The Morgan fingerprint density at radius 3 is 1.66 bits per heavy atom. The number of esters is 1. The highest BCUT2D eigenvalue weighted by atomic mass is 79.9. The molecule has 1 saturated heterocycles. The summed E-state index contributed by atoms with van der Waals surface area (Å²) >= 11 is 15.0. The van der Waals surface area contributed by atoms with Crippen LogP contribution in [0.2, 0.25) is 5.28 Å². The number of carbonyl (C=O) groups is 1. The first kappa shape index (κ1) is 43.2. The summed E-state index contributed by atoms with van der Waals surface area (Å²) in [5.74, 6) is -0.466. The van der Waals surface area contributed by atoms with E-state index in [1.165, 1.54) is 0 Å². The average Bonchev–Trinajstić information content (AvgIpc) is 3.08. The van der Waals surface area contributed by atoms with E-state index in [-0.39, 0.29) is 43.5 Å². The van der Waals surface area contributed by atoms with Gasteiger partial charge in [0.25, 0.3) is 5.79 Å². The molecule has 0 atom stereocenters. The van der Waals surface area contributed by atoms with Crippen LogP contribution in [-0.4, -0.2) is 114 Å². The Morgan fingerprint density at radius 1 is 0.872 bits per heavy atom. The summed E-state index contributed by atoms with van der Waals surface area (Å²) in [4.78, 5) is 35.6. The number of halogens is 4. The van der Waals surface area contributed by atoms with Crippen molar-refractivity contribution in [2.24, 2.45) is 17.6 Å². The van der Waals surface area contributed by atoms with E-state index in [1.807, 2.05) is 0 Å². The smallest absolute Gasteiger partial charge is 0.366 e. The molecule has 0 saturated carbocycles. The molecule has 0 spiro atoms. The van der Waals surface area contributed by atoms with Crippen LogP contribution in [0, 0.1) is 11.8 Å². The molecule has 262 valence electrons. The third-order valence-corrected chi connectivity index (χ3v) is 7.12. The molecule has 19 heteroatoms. The number of nitrogens with two attached hydrogens (primary N) is 1. The van der Waals surface area contributed by atoms with Crippen molar-refractivity contribution in [1.82, 2.24) is 29.9 Å². The van der Waals surface area contributed by atoms with Gasteiger partial charge in [-0.2, -0.15) is 0 Å². The molecule has 0 amide bonds. The lowest BCUT2D eigenvalue weighted by molar-refractivity contribution is -0.273. The molecular weight excluding hydrogens is 838 g/mol. The number of hydrogen-bond donors (Lipinski definition) is 5. The van der Waals surface area contributed by atoms with Crippen LogP contribution in [0.1, 0.15) is 25.5 Å². The SMILES string of the molecule is CCOC(=O)C1(C)OCC(Cc2ncc(Br)cn2)CO1.Clc1ncc(Br)cn1.NC(CO)CO.OCC(CO)Cc1ncc(Br)cn1. The molecule has 1 aliphatic rings. The molecule has 0 radical (unpaired) electrons. The molecule has 47 heavy (non-hydrogen) atoms. The van der Waals surface area contributed by atoms with Crippen molar-refractivity contribution in [2.45, 2.75) is 38.5 Å². The van der Waals surface area contributed by atoms with E-state index in [0.29, 0.717) is 38.5 Å². The Labute approximate surface area is 303 Å². The number of nitrogens with zero attached hydrogens (tertiary/aromatic N) is 6. The maximum atomic E-state index is 11.7. The molecular formula is C28H39Br3ClN7O8. The lowest BCUT2D eigenvalue weighted by Gasteiger charge is -2.35. The zero-order valence-electron chi connectivity index (χ0n) is 25.8. The van der Waals surface area contributed by atoms with Crippen LogP contribution in [0.5, 0.6) is 0 Å². The zero-order chi connectivity index (χ0) is 35.2. The molecule has 1 fully saturated rings. The van der Waals surface area contributed by atoms with Gasteiger partial charge < -0.3 is 40.4 Å². The van der Waals surface area contributed by atoms with E-state index in [4.69, 9.17) is 52.0 Å². The van der Waals surface area contributed by atoms with Gasteiger partial charge in [-0.05, 0) is 66.3 Å². The summed E-state index contributed by atoms with van der Waals surface area (Å²) in [7, 11) is 0. The van der Waals surface area contributed by atoms with Gasteiger partial charge in [0.2, 0.25) is 5.28 Å². The minimum Gasteiger partial charge on any atom is -0.462 e. The predicted molar refractivity (Wildman–Crippen MR) is 182 cm³/mol. The molecule has 6 N–H and O–H groups in total. The van der Waals surface area contributed by atoms with Crippen LogP contribution in [0.4, 0.5) is 0 Å². The molecule has 0 bridgehead atoms. The van der Waals surface area contributed by atoms with Crippen LogP contribution in [0.25, 0.3) is 0 Å². The topological polar surface area (TPSA) is 229 Å². The van der Waals surface area contributed by atoms with Crippen LogP contribution >= 0.6 is 59.4 Å². The highest BCUT2D eigenvalue weighted by Gasteiger charge is 2.41. The van der Waals surface area contributed by atoms with Crippen molar-refractivity contribution in [1.29, 1.82) is 0 Å². The van der Waals surface area contributed by atoms with Gasteiger partial charge in [0.15, 0.2) is 0 Å². The number of aromatic nitrogens is 6. The van der Waals surface area contributed by atoms with Crippen molar-refractivity contribution in [3.63, 3.8) is 0 Å². The number of carbonyl (C=O) groups excluding carboxylic acids is 1. The Hall–Kier alpha value is -1.84. The summed E-state index contributed by atoms with van der Waals surface area (Å²) in [5, 5.41) is 34.0. The molecule has 0 unspecified atom stereocenters. The van der Waals surface area contributed by atoms with Crippen LogP contribution in [0.3, 0.4) is 0 Å². The summed E-state index contributed by atoms with van der Waals surface area (Å²) in [5.41, 5.74) is 4.97. The van der Waals surface area contributed by atoms with Gasteiger partial charge in [0, 0.05) is 82.0 Å². The van der Waals surface area contributed by atoms with E-state index in [9.17, 15) is 4.79 Å². The second-order valence-electron chi connectivity index (χ2n) is 9.72. The fourth-order valence-corrected chi connectivity index (χ4v) is 3.80. The largest absolute Gasteiger partial charge is 0.462 e. The lowest BCUT2D eigenvalue weighted by atomic mass is 10.1. The van der Waals surface area contributed by atoms with Crippen molar-refractivity contribution >= 4 is 65.4 Å². The first-order chi connectivity index (χ1) is 22.4. The predicted octanol–water partition coefficient (Wildman–Crippen LogP) is 2.30. The monoisotopic (exact) mass is 873 g/mol. The highest BCUT2D eigenvalue weighted by Crippen LogP contribution is 2.24. The number of aliphatic hydroxyl groups excluding tert-OH is 4. The number of aliphatic hydroxyl groups is 4. The van der Waals surface area contributed by atoms with Crippen molar-refractivity contribution in [3.8, 4) is 0 Å². The van der Waals surface area contributed by atoms with Gasteiger partial charge in [-0.3, -0.25) is 0 Å². The van der Waals surface area contributed by atoms with Gasteiger partial charge in [-0.15, -0.1) is 0 Å². The van der Waals surface area contributed by atoms with E-state index < -0.39 is 17.8 Å². The fourth-order valence-electron chi connectivity index (χ4n) is 3.09. The summed E-state index contributed by atoms with van der Waals surface area (Å²) in [6, 6.07) is -0.454. The van der Waals surface area contributed by atoms with E-state index >= 15 is 0 Å². The van der Waals surface area contributed by atoms with Gasteiger partial charge >= 0.3 is 5.97 Å². The van der Waals surface area contributed by atoms with Gasteiger partial charge in [0.05, 0.1) is 52.5 Å². The first-order valence-corrected chi connectivity index (χ1v) is 16.8. The summed E-state index contributed by atoms with van der Waals surface area (Å²) in [6.45, 7) is 4.08. The molecule has 1 aliphatic heterocycles. The average molecular weight is 877 g/mol. The maximum Gasteiger partial charge on any atom is 0.366 e. The van der Waals surface area contributed by atoms with Crippen LogP contribution in [-0.2, 0) is 31.8 Å². The summed E-state index contributed by atoms with van der Waals surface area (Å²) < 4.78 is 18.5. The number of ether oxygens (including phenoxy) is 3. The minimum absolute atomic E-state index is 0.0457. The molecule has 4 rings (SSSR count). The first-order valence-electron chi connectivity index (χ1n) is 14.1. The fraction of sp³-hybridized carbons (Fsp3) is 0.536. The second kappa shape index (κ2) is 24.3. The molecule has 0 aromatic carbocycles. The third kappa shape index (κ3) is 18.5. The van der Waals surface area contributed by atoms with Crippen LogP contribution < -0.4 is 5.73 Å². The third-order valence-electron chi connectivity index (χ3n) is 5.70. The number of hydrogen-bond acceptors (Lipinski definition) is 15. The Kier molecular flexibility index (Phi) is 22.3. The molecule has 0 aliphatic carbocycles. The van der Waals surface area contributed by atoms with Gasteiger partial charge in [-0.25, -0.2) is 34.7 Å². The quantitative estimate of drug-likeness (QED) is 0.145. The lowest BCUT2D eigenvalue weighted by Crippen LogP contribution is -2.49. The highest BCUT2D eigenvalue weighted by molar-refractivity contribution is 9.11. The molecule has 4 heterocycles. The number of rotatable bonds is 10. The van der Waals surface area contributed by atoms with E-state index in [0.717, 1.165) is 19.2 Å². The Morgan fingerprint density at radius 2 is 1.30 bits per heavy atom. The van der Waals surface area contributed by atoms with Crippen molar-refractivity contribution < 1.29 is 39.4 Å². The maximum absolute atomic E-state index is 11.7. The van der Waals surface area contributed by atoms with Gasteiger partial charge in [-0.1, -0.05) is 0 Å². The Balaban J connectivity index is 0.000000349. The van der Waals surface area contributed by atoms with Crippen molar-refractivity contribution in [2.75, 3.05) is 46.2 Å². The van der Waals surface area contributed by atoms with E-state index in [1.54, 1.807) is 51.0 Å². The Bertz CT molecular complexity index is 1240. The normalized spacial score (nSPS) is 17.0. The standard InChI is InChI=1S/C13H17BrN2O4.C8H11BrN2O2.C4H2BrClN2.C3H9NO2/c1-3-18-12(17)13(2)19-7-9(8-20-13)4-11-15-5-10(14)6-16-11;9-7-2-10-8(11-3-7)1-6(4-12)5-13;5-3-1-7-4(6)8-2-3;4-3(1-5)2-6/h5-6,9H,3-4,7-8H2,1-2H3;2-3,6,12-13H,1,4-5H2;1-2H;3,5-6H,1-2,4H2. The molecule has 3 aromatic heterocycles. The molecule has 15 nitrogen and oxygen atoms in total. The minimum atomic E-state index is -1.30. The zero-order valence-corrected chi connectivity index (χ0v) is 31.3.